The molecule has 2 aromatic carbocycles. The number of allylic oxidation sites excluding steroid dienone is 2. The minimum absolute atomic E-state index is 0.891. The van der Waals surface area contributed by atoms with Crippen molar-refractivity contribution in [1.82, 2.24) is 0 Å². The molecule has 0 aromatic heterocycles. The van der Waals surface area contributed by atoms with Gasteiger partial charge in [-0.05, 0) is 123 Å². The molecule has 0 N–H and O–H groups in total. The smallest absolute Gasteiger partial charge is 0.493 e. The summed E-state index contributed by atoms with van der Waals surface area (Å²) in [4.78, 5) is 0. The summed E-state index contributed by atoms with van der Waals surface area (Å²) in [6.07, 6.45) is 58.0. The molecule has 0 radical (unpaired) electrons. The minimum atomic E-state index is 0.891. The van der Waals surface area contributed by atoms with Gasteiger partial charge in [0.2, 0.25) is 11.4 Å². The number of nitrogens with zero attached hydrogens (tertiary/aromatic N) is 2. The molecule has 3 rings (SSSR count). The van der Waals surface area contributed by atoms with Crippen LogP contribution in [0.2, 0.25) is 10.8 Å². The number of rotatable bonds is 44. The van der Waals surface area contributed by atoms with Crippen LogP contribution in [0.5, 0.6) is 0 Å². The van der Waals surface area contributed by atoms with Crippen LogP contribution in [0.25, 0.3) is 16.9 Å². The summed E-state index contributed by atoms with van der Waals surface area (Å²) in [5.41, 5.74) is 25.3. The van der Waals surface area contributed by atoms with E-state index in [9.17, 15) is 5.53 Å². The molecule has 0 fully saturated rings. The summed E-state index contributed by atoms with van der Waals surface area (Å²) >= 11 is 2.04. The van der Waals surface area contributed by atoms with Gasteiger partial charge >= 0.3 is 166 Å². The molecule has 0 bridgehead atoms. The van der Waals surface area contributed by atoms with E-state index in [0.29, 0.717) is 0 Å². The first-order valence-corrected chi connectivity index (χ1v) is 32.3. The Morgan fingerprint density at radius 3 is 1.06 bits per heavy atom. The van der Waals surface area contributed by atoms with Crippen molar-refractivity contribution < 1.29 is 19.1 Å². The zero-order chi connectivity index (χ0) is 50.9. The molecule has 0 amide bonds. The van der Waals surface area contributed by atoms with Crippen molar-refractivity contribution in [2.24, 2.45) is 0 Å². The molecule has 404 valence electrons. The normalized spacial score (nSPS) is 12.6. The summed E-state index contributed by atoms with van der Waals surface area (Å²) < 4.78 is 1.47. The molecular formula is C67H116N2Ni. The van der Waals surface area contributed by atoms with E-state index in [2.05, 4.69) is 92.7 Å². The molecule has 2 nitrogen and oxygen atoms in total. The van der Waals surface area contributed by atoms with Crippen molar-refractivity contribution in [3.8, 4) is 0 Å². The topological polar surface area (TPSA) is 25.3 Å². The van der Waals surface area contributed by atoms with Crippen LogP contribution >= 0.6 is 0 Å². The van der Waals surface area contributed by atoms with Crippen molar-refractivity contribution in [2.45, 2.75) is 330 Å². The van der Waals surface area contributed by atoms with E-state index in [-0.39, 0.29) is 0 Å². The number of benzene rings is 2. The molecule has 1 heterocycles. The molecule has 3 heteroatoms. The van der Waals surface area contributed by atoms with Gasteiger partial charge in [0.25, 0.3) is 0 Å². The summed E-state index contributed by atoms with van der Waals surface area (Å²) in [7, 11) is 0. The predicted molar refractivity (Wildman–Crippen MR) is 311 cm³/mol. The number of aryl methyl sites for hydroxylation is 4. The summed E-state index contributed by atoms with van der Waals surface area (Å²) in [6.45, 7) is 20.1. The van der Waals surface area contributed by atoms with Gasteiger partial charge in [0.1, 0.15) is 0 Å². The third-order valence-electron chi connectivity index (χ3n) is 15.4. The van der Waals surface area contributed by atoms with Gasteiger partial charge in [0.05, 0.1) is 0 Å². The second-order valence-electron chi connectivity index (χ2n) is 21.8. The number of hydrogen-bond acceptors (Lipinski definition) is 0. The Bertz CT molecular complexity index is 1600. The minimum Gasteiger partial charge on any atom is -0.493 e. The van der Waals surface area contributed by atoms with Gasteiger partial charge in [-0.1, -0.05) is 112 Å². The Morgan fingerprint density at radius 2 is 0.714 bits per heavy atom. The molecule has 0 unspecified atom stereocenters. The molecule has 70 heavy (non-hydrogen) atoms. The summed E-state index contributed by atoms with van der Waals surface area (Å²) in [5.74, 6) is 0. The van der Waals surface area contributed by atoms with Crippen molar-refractivity contribution in [1.29, 1.82) is 0 Å². The van der Waals surface area contributed by atoms with E-state index in [1.54, 1.807) is 5.56 Å². The summed E-state index contributed by atoms with van der Waals surface area (Å²) in [5, 5.41) is 2.87. The molecule has 0 aliphatic carbocycles. The van der Waals surface area contributed by atoms with Gasteiger partial charge in [0.15, 0.2) is 0 Å². The Kier molecular flexibility index (Phi) is 39.8. The molecule has 1 aliphatic heterocycles. The molecule has 0 saturated carbocycles. The van der Waals surface area contributed by atoms with E-state index in [0.717, 1.165) is 41.8 Å². The third kappa shape index (κ3) is 27.9. The zero-order valence-electron chi connectivity index (χ0n) is 48.3. The van der Waals surface area contributed by atoms with E-state index in [4.69, 9.17) is 0 Å². The first-order valence-electron chi connectivity index (χ1n) is 30.9. The monoisotopic (exact) mass is 1010 g/mol. The molecule has 2 aromatic rings. The van der Waals surface area contributed by atoms with Crippen molar-refractivity contribution >= 4 is 11.4 Å². The van der Waals surface area contributed by atoms with Crippen LogP contribution in [0.4, 0.5) is 0 Å². The Labute approximate surface area is 444 Å². The van der Waals surface area contributed by atoms with E-state index < -0.39 is 0 Å². The fourth-order valence-electron chi connectivity index (χ4n) is 10.4. The average Bonchev–Trinajstić information content (AvgIpc) is 3.71. The van der Waals surface area contributed by atoms with Crippen LogP contribution < -0.4 is 0 Å². The zero-order valence-corrected chi connectivity index (χ0v) is 49.3. The van der Waals surface area contributed by atoms with Crippen LogP contribution in [0.1, 0.15) is 324 Å². The molecule has 0 saturated heterocycles. The van der Waals surface area contributed by atoms with E-state index >= 15 is 0 Å². The summed E-state index contributed by atoms with van der Waals surface area (Å²) in [6, 6.07) is 9.21. The van der Waals surface area contributed by atoms with E-state index in [1.807, 2.05) is 14.4 Å². The molecule has 0 spiro atoms. The van der Waals surface area contributed by atoms with Gasteiger partial charge in [-0.25, -0.2) is 4.70 Å². The second kappa shape index (κ2) is 43.4. The Hall–Kier alpha value is -1.99. The van der Waals surface area contributed by atoms with E-state index in [1.165, 1.54) is 286 Å². The van der Waals surface area contributed by atoms with Crippen LogP contribution in [0.3, 0.4) is 0 Å². The van der Waals surface area contributed by atoms with Gasteiger partial charge < -0.3 is 5.53 Å². The number of hydrogen-bond donors (Lipinski definition) is 0. The van der Waals surface area contributed by atoms with Crippen LogP contribution in [0.15, 0.2) is 35.9 Å². The second-order valence-corrected chi connectivity index (χ2v) is 23.2. The SMILES string of the molecule is CCCCCCCCCCCCCCCC[CH2][Ni][CH2]CCCCCCCCCCCCCCCC.CCCCc1cc(C2=CC(CC)=C(c3cc(C)c(C)c(C)c3)[N+]2=[N-])cc(CCCC)c1CCCC. The maximum atomic E-state index is 11.6. The standard InChI is InChI=1S/C33H46N2.2C17H35.Ni/c1-8-12-15-27-20-29(21-28(16-13-9-2)31(27)17-14-10-3)32-22-26(11-4)33(35(32)34)30-18-23(5)25(7)24(6)19-30;2*1-3-5-7-9-11-13-15-17-16-14-12-10-8-6-4-2;/h18-22H,8-17H2,1-7H3;2*1,3-17H2,2H3;. The fraction of sp³-hybridized carbons (Fsp3) is 0.761. The van der Waals surface area contributed by atoms with Crippen LogP contribution in [-0.4, -0.2) is 4.70 Å². The van der Waals surface area contributed by atoms with Crippen LogP contribution in [-0.2, 0) is 33.7 Å². The molecule has 0 atom stereocenters. The van der Waals surface area contributed by atoms with Gasteiger partial charge in [-0.15, -0.1) is 0 Å². The molecule has 1 aliphatic rings. The number of unbranched alkanes of at least 4 members (excludes halogenated alkanes) is 31. The quantitative estimate of drug-likeness (QED) is 0.0359. The maximum absolute atomic E-state index is 11.6. The van der Waals surface area contributed by atoms with Crippen LogP contribution in [0, 0.1) is 20.8 Å². The first-order chi connectivity index (χ1) is 34.3. The average molecular weight is 1010 g/mol. The predicted octanol–water partition coefficient (Wildman–Crippen LogP) is 23.5. The van der Waals surface area contributed by atoms with Crippen molar-refractivity contribution in [3.05, 3.63) is 86.0 Å². The van der Waals surface area contributed by atoms with Gasteiger partial charge in [-0.3, -0.25) is 0 Å². The Balaban J connectivity index is 0.000000480. The Morgan fingerprint density at radius 1 is 0.386 bits per heavy atom. The fourth-order valence-corrected chi connectivity index (χ4v) is 11.7. The van der Waals surface area contributed by atoms with Crippen molar-refractivity contribution in [3.63, 3.8) is 0 Å². The van der Waals surface area contributed by atoms with Crippen molar-refractivity contribution in [2.75, 3.05) is 0 Å². The molecular weight excluding hydrogens is 891 g/mol. The first kappa shape index (κ1) is 64.1. The van der Waals surface area contributed by atoms with Gasteiger partial charge in [0, 0.05) is 22.8 Å². The third-order valence-corrected chi connectivity index (χ3v) is 16.8. The van der Waals surface area contributed by atoms with Gasteiger partial charge in [-0.2, -0.15) is 0 Å².